The number of benzene rings is 1. The van der Waals surface area contributed by atoms with Crippen LogP contribution in [0, 0.1) is 0 Å². The Morgan fingerprint density at radius 2 is 2.11 bits per heavy atom. The first-order valence-electron chi connectivity index (χ1n) is 5.78. The number of ether oxygens (including phenoxy) is 1. The molecular weight excluding hydrogens is 286 g/mol. The average Bonchev–Trinajstić information content (AvgIpc) is 2.82. The maximum absolute atomic E-state index is 11.7. The monoisotopic (exact) mass is 299 g/mol. The van der Waals surface area contributed by atoms with Crippen LogP contribution < -0.4 is 0 Å². The van der Waals surface area contributed by atoms with E-state index < -0.39 is 15.8 Å². The molecule has 7 heteroatoms. The van der Waals surface area contributed by atoms with E-state index in [9.17, 15) is 13.2 Å². The van der Waals surface area contributed by atoms with Gasteiger partial charge in [-0.05, 0) is 25.1 Å². The minimum absolute atomic E-state index is 0.0115. The zero-order chi connectivity index (χ0) is 14.0. The Balaban J connectivity index is 2.47. The quantitative estimate of drug-likeness (QED) is 0.810. The van der Waals surface area contributed by atoms with Gasteiger partial charge in [0.2, 0.25) is 14.2 Å². The molecule has 0 saturated heterocycles. The van der Waals surface area contributed by atoms with Crippen molar-refractivity contribution >= 4 is 37.4 Å². The lowest BCUT2D eigenvalue weighted by atomic mass is 10.2. The molecule has 102 valence electrons. The Labute approximate surface area is 115 Å². The molecule has 0 aliphatic heterocycles. The molecule has 1 aromatic carbocycles. The first-order valence-corrected chi connectivity index (χ1v) is 8.25. The van der Waals surface area contributed by atoms with Gasteiger partial charge >= 0.3 is 5.97 Å². The van der Waals surface area contributed by atoms with Crippen LogP contribution in [0.4, 0.5) is 0 Å². The van der Waals surface area contributed by atoms with E-state index in [4.69, 9.17) is 4.74 Å². The molecule has 0 N–H and O–H groups in total. The van der Waals surface area contributed by atoms with Crippen molar-refractivity contribution in [3.63, 3.8) is 0 Å². The molecule has 0 bridgehead atoms. The summed E-state index contributed by atoms with van der Waals surface area (Å²) in [7, 11) is -3.31. The van der Waals surface area contributed by atoms with E-state index in [-0.39, 0.29) is 10.1 Å². The standard InChI is InChI=1S/C12H13NO4S2/c1-3-17-11(14)8-5-6-9-10(7-8)18-12(13-9)19(15,16)4-2/h5-7H,3-4H2,1-2H3. The Hall–Kier alpha value is -1.47. The summed E-state index contributed by atoms with van der Waals surface area (Å²) in [6, 6.07) is 4.83. The van der Waals surface area contributed by atoms with Crippen LogP contribution >= 0.6 is 11.3 Å². The second kappa shape index (κ2) is 5.26. The lowest BCUT2D eigenvalue weighted by Crippen LogP contribution is -2.03. The van der Waals surface area contributed by atoms with Gasteiger partial charge in [-0.25, -0.2) is 18.2 Å². The van der Waals surface area contributed by atoms with Gasteiger partial charge in [-0.2, -0.15) is 0 Å². The van der Waals surface area contributed by atoms with Crippen molar-refractivity contribution in [2.75, 3.05) is 12.4 Å². The molecule has 0 atom stereocenters. The summed E-state index contributed by atoms with van der Waals surface area (Å²) in [6.45, 7) is 3.61. The summed E-state index contributed by atoms with van der Waals surface area (Å²) in [6.07, 6.45) is 0. The number of rotatable bonds is 4. The number of thiazole rings is 1. The van der Waals surface area contributed by atoms with Crippen LogP contribution in [-0.4, -0.2) is 31.7 Å². The lowest BCUT2D eigenvalue weighted by molar-refractivity contribution is 0.0526. The van der Waals surface area contributed by atoms with Gasteiger partial charge in [0.1, 0.15) is 0 Å². The number of nitrogens with zero attached hydrogens (tertiary/aromatic N) is 1. The number of carbonyl (C=O) groups excluding carboxylic acids is 1. The topological polar surface area (TPSA) is 73.3 Å². The second-order valence-corrected chi connectivity index (χ2v) is 7.27. The van der Waals surface area contributed by atoms with Crippen molar-refractivity contribution in [3.05, 3.63) is 23.8 Å². The molecule has 1 aromatic heterocycles. The Morgan fingerprint density at radius 3 is 2.74 bits per heavy atom. The molecule has 0 unspecified atom stereocenters. The minimum atomic E-state index is -3.31. The van der Waals surface area contributed by atoms with Crippen molar-refractivity contribution in [2.45, 2.75) is 18.2 Å². The maximum Gasteiger partial charge on any atom is 0.338 e. The number of aromatic nitrogens is 1. The summed E-state index contributed by atoms with van der Waals surface area (Å²) in [5, 5.41) is 0. The van der Waals surface area contributed by atoms with E-state index in [1.165, 1.54) is 0 Å². The molecule has 19 heavy (non-hydrogen) atoms. The zero-order valence-corrected chi connectivity index (χ0v) is 12.2. The van der Waals surface area contributed by atoms with Gasteiger partial charge in [-0.1, -0.05) is 6.92 Å². The largest absolute Gasteiger partial charge is 0.462 e. The number of carbonyl (C=O) groups is 1. The summed E-state index contributed by atoms with van der Waals surface area (Å²) in [4.78, 5) is 15.7. The van der Waals surface area contributed by atoms with Gasteiger partial charge < -0.3 is 4.74 Å². The molecule has 0 fully saturated rings. The van der Waals surface area contributed by atoms with Crippen molar-refractivity contribution in [1.29, 1.82) is 0 Å². The molecule has 0 aliphatic rings. The van der Waals surface area contributed by atoms with Crippen LogP contribution in [0.25, 0.3) is 10.2 Å². The normalized spacial score (nSPS) is 11.7. The van der Waals surface area contributed by atoms with E-state index in [1.807, 2.05) is 0 Å². The van der Waals surface area contributed by atoms with Crippen LogP contribution in [-0.2, 0) is 14.6 Å². The van der Waals surface area contributed by atoms with Crippen molar-refractivity contribution < 1.29 is 17.9 Å². The van der Waals surface area contributed by atoms with Crippen LogP contribution in [0.5, 0.6) is 0 Å². The summed E-state index contributed by atoms with van der Waals surface area (Å²) >= 11 is 1.07. The maximum atomic E-state index is 11.7. The molecule has 0 spiro atoms. The molecule has 5 nitrogen and oxygen atoms in total. The van der Waals surface area contributed by atoms with Gasteiger partial charge in [-0.15, -0.1) is 11.3 Å². The molecule has 0 radical (unpaired) electrons. The lowest BCUT2D eigenvalue weighted by Gasteiger charge is -2.00. The van der Waals surface area contributed by atoms with Crippen LogP contribution in [0.2, 0.25) is 0 Å². The number of fused-ring (bicyclic) bond motifs is 1. The van der Waals surface area contributed by atoms with Crippen molar-refractivity contribution in [2.24, 2.45) is 0 Å². The van der Waals surface area contributed by atoms with Gasteiger partial charge in [0, 0.05) is 0 Å². The highest BCUT2D eigenvalue weighted by Crippen LogP contribution is 2.27. The molecule has 1 heterocycles. The van der Waals surface area contributed by atoms with Crippen LogP contribution in [0.1, 0.15) is 24.2 Å². The van der Waals surface area contributed by atoms with E-state index in [1.54, 1.807) is 32.0 Å². The first kappa shape index (κ1) is 14.0. The van der Waals surface area contributed by atoms with E-state index >= 15 is 0 Å². The Bertz CT molecular complexity index is 718. The highest BCUT2D eigenvalue weighted by atomic mass is 32.2. The minimum Gasteiger partial charge on any atom is -0.462 e. The molecular formula is C12H13NO4S2. The Kier molecular flexibility index (Phi) is 3.86. The van der Waals surface area contributed by atoms with E-state index in [0.29, 0.717) is 22.4 Å². The molecule has 2 aromatic rings. The SMILES string of the molecule is CCOC(=O)c1ccc2nc(S(=O)(=O)CC)sc2c1. The highest BCUT2D eigenvalue weighted by Gasteiger charge is 2.18. The zero-order valence-electron chi connectivity index (χ0n) is 10.5. The number of esters is 1. The summed E-state index contributed by atoms with van der Waals surface area (Å²) in [5.74, 6) is -0.407. The van der Waals surface area contributed by atoms with Gasteiger partial charge in [0.25, 0.3) is 0 Å². The fourth-order valence-electron chi connectivity index (χ4n) is 1.50. The fraction of sp³-hybridized carbons (Fsp3) is 0.333. The fourth-order valence-corrected chi connectivity index (χ4v) is 3.85. The smallest absolute Gasteiger partial charge is 0.338 e. The van der Waals surface area contributed by atoms with Crippen LogP contribution in [0.3, 0.4) is 0 Å². The molecule has 0 saturated carbocycles. The predicted molar refractivity (Wildman–Crippen MR) is 73.3 cm³/mol. The number of hydrogen-bond acceptors (Lipinski definition) is 6. The number of hydrogen-bond donors (Lipinski definition) is 0. The second-order valence-electron chi connectivity index (χ2n) is 3.79. The van der Waals surface area contributed by atoms with E-state index in [2.05, 4.69) is 4.98 Å². The predicted octanol–water partition coefficient (Wildman–Crippen LogP) is 2.27. The average molecular weight is 299 g/mol. The van der Waals surface area contributed by atoms with Crippen molar-refractivity contribution in [1.82, 2.24) is 4.98 Å². The van der Waals surface area contributed by atoms with Gasteiger partial charge in [-0.3, -0.25) is 0 Å². The van der Waals surface area contributed by atoms with Gasteiger partial charge in [0.05, 0.1) is 28.1 Å². The first-order chi connectivity index (χ1) is 8.97. The molecule has 0 amide bonds. The highest BCUT2D eigenvalue weighted by molar-refractivity contribution is 7.93. The Morgan fingerprint density at radius 1 is 1.37 bits per heavy atom. The third-order valence-corrected chi connectivity index (χ3v) is 5.73. The van der Waals surface area contributed by atoms with Gasteiger partial charge in [0.15, 0.2) is 0 Å². The summed E-state index contributed by atoms with van der Waals surface area (Å²) < 4.78 is 29.1. The summed E-state index contributed by atoms with van der Waals surface area (Å²) in [5.41, 5.74) is 0.975. The van der Waals surface area contributed by atoms with Crippen molar-refractivity contribution in [3.8, 4) is 0 Å². The third-order valence-electron chi connectivity index (χ3n) is 2.53. The number of sulfone groups is 1. The third kappa shape index (κ3) is 2.76. The van der Waals surface area contributed by atoms with Crippen LogP contribution in [0.15, 0.2) is 22.5 Å². The van der Waals surface area contributed by atoms with E-state index in [0.717, 1.165) is 11.3 Å². The molecule has 2 rings (SSSR count). The molecule has 0 aliphatic carbocycles.